The van der Waals surface area contributed by atoms with E-state index in [2.05, 4.69) is 12.2 Å². The number of alkyl halides is 3. The van der Waals surface area contributed by atoms with Crippen LogP contribution < -0.4 is 5.32 Å². The van der Waals surface area contributed by atoms with E-state index in [1.807, 2.05) is 4.90 Å². The summed E-state index contributed by atoms with van der Waals surface area (Å²) in [6.45, 7) is 5.46. The number of nitrogens with zero attached hydrogens (tertiary/aromatic N) is 1. The highest BCUT2D eigenvalue weighted by Gasteiger charge is 2.38. The molecule has 0 saturated carbocycles. The highest BCUT2D eigenvalue weighted by molar-refractivity contribution is 5.78. The molecule has 1 aliphatic rings. The molecule has 1 rings (SSSR count). The molecular weight excluding hydrogens is 253 g/mol. The molecule has 0 radical (unpaired) electrons. The molecule has 2 N–H and O–H groups in total. The first kappa shape index (κ1) is 16.7. The van der Waals surface area contributed by atoms with Crippen LogP contribution in [0.1, 0.15) is 19.8 Å². The van der Waals surface area contributed by atoms with E-state index in [0.29, 0.717) is 6.54 Å². The van der Waals surface area contributed by atoms with Crippen LogP contribution >= 0.6 is 0 Å². The summed E-state index contributed by atoms with van der Waals surface area (Å²) in [7, 11) is 0. The molecule has 5 nitrogen and oxygen atoms in total. The average Bonchev–Trinajstić information content (AvgIpc) is 2.27. The van der Waals surface area contributed by atoms with Crippen molar-refractivity contribution in [3.63, 3.8) is 0 Å². The molecule has 0 bridgehead atoms. The number of hydrogen-bond donors (Lipinski definition) is 2. The lowest BCUT2D eigenvalue weighted by molar-refractivity contribution is -0.192. The van der Waals surface area contributed by atoms with Crippen molar-refractivity contribution in [2.75, 3.05) is 26.2 Å². The van der Waals surface area contributed by atoms with E-state index >= 15 is 0 Å². The zero-order valence-electron chi connectivity index (χ0n) is 10.1. The first-order valence-electron chi connectivity index (χ1n) is 5.57. The number of amides is 1. The van der Waals surface area contributed by atoms with E-state index in [-0.39, 0.29) is 5.91 Å². The largest absolute Gasteiger partial charge is 0.490 e. The molecule has 0 atom stereocenters. The molecule has 0 aromatic heterocycles. The van der Waals surface area contributed by atoms with E-state index in [0.717, 1.165) is 32.5 Å². The van der Waals surface area contributed by atoms with Crippen LogP contribution in [0.25, 0.3) is 0 Å². The Hall–Kier alpha value is -1.31. The lowest BCUT2D eigenvalue weighted by Crippen LogP contribution is -2.48. The van der Waals surface area contributed by atoms with Gasteiger partial charge in [-0.25, -0.2) is 4.79 Å². The molecule has 0 spiro atoms. The van der Waals surface area contributed by atoms with Gasteiger partial charge in [-0.2, -0.15) is 13.2 Å². The lowest BCUT2D eigenvalue weighted by atomic mass is 10.3. The molecule has 1 amide bonds. The SMILES string of the molecule is CCCCN1CCNCC1=O.O=C(O)C(F)(F)F. The third-order valence-corrected chi connectivity index (χ3v) is 2.21. The van der Waals surface area contributed by atoms with Crippen LogP contribution in [-0.4, -0.2) is 54.2 Å². The van der Waals surface area contributed by atoms with Gasteiger partial charge in [-0.3, -0.25) is 4.79 Å². The topological polar surface area (TPSA) is 69.6 Å². The fourth-order valence-electron chi connectivity index (χ4n) is 1.23. The molecule has 1 saturated heterocycles. The summed E-state index contributed by atoms with van der Waals surface area (Å²) in [5, 5.41) is 10.2. The predicted molar refractivity (Wildman–Crippen MR) is 58.0 cm³/mol. The molecule has 106 valence electrons. The van der Waals surface area contributed by atoms with Gasteiger partial charge in [-0.05, 0) is 6.42 Å². The molecule has 1 heterocycles. The highest BCUT2D eigenvalue weighted by Crippen LogP contribution is 2.13. The number of aliphatic carboxylic acids is 1. The van der Waals surface area contributed by atoms with Gasteiger partial charge in [-0.1, -0.05) is 13.3 Å². The Labute approximate surface area is 103 Å². The standard InChI is InChI=1S/C8H16N2O.C2HF3O2/c1-2-3-5-10-6-4-9-7-8(10)11;3-2(4,5)1(6)7/h9H,2-7H2,1H3;(H,6,7). The summed E-state index contributed by atoms with van der Waals surface area (Å²) in [4.78, 5) is 22.0. The van der Waals surface area contributed by atoms with Gasteiger partial charge >= 0.3 is 12.1 Å². The molecule has 18 heavy (non-hydrogen) atoms. The Morgan fingerprint density at radius 2 is 2.06 bits per heavy atom. The molecule has 0 aromatic carbocycles. The molecule has 0 aliphatic carbocycles. The second-order valence-corrected chi connectivity index (χ2v) is 3.71. The number of rotatable bonds is 3. The predicted octanol–water partition coefficient (Wildman–Crippen LogP) is 0.852. The Kier molecular flexibility index (Phi) is 7.33. The Morgan fingerprint density at radius 3 is 2.44 bits per heavy atom. The van der Waals surface area contributed by atoms with Gasteiger partial charge in [0, 0.05) is 19.6 Å². The number of hydrogen-bond acceptors (Lipinski definition) is 3. The average molecular weight is 270 g/mol. The molecule has 8 heteroatoms. The lowest BCUT2D eigenvalue weighted by Gasteiger charge is -2.27. The summed E-state index contributed by atoms with van der Waals surface area (Å²) in [6.07, 6.45) is -2.79. The summed E-state index contributed by atoms with van der Waals surface area (Å²) in [5.74, 6) is -2.50. The highest BCUT2D eigenvalue weighted by atomic mass is 19.4. The van der Waals surface area contributed by atoms with E-state index in [1.54, 1.807) is 0 Å². The first-order valence-corrected chi connectivity index (χ1v) is 5.57. The molecule has 0 unspecified atom stereocenters. The maximum Gasteiger partial charge on any atom is 0.490 e. The Bertz CT molecular complexity index is 282. The van der Waals surface area contributed by atoms with Crippen LogP contribution in [0.2, 0.25) is 0 Å². The fraction of sp³-hybridized carbons (Fsp3) is 0.800. The summed E-state index contributed by atoms with van der Waals surface area (Å²) < 4.78 is 31.7. The number of halogens is 3. The Morgan fingerprint density at radius 1 is 1.50 bits per heavy atom. The quantitative estimate of drug-likeness (QED) is 0.797. The van der Waals surface area contributed by atoms with Crippen molar-refractivity contribution in [1.82, 2.24) is 10.2 Å². The van der Waals surface area contributed by atoms with Gasteiger partial charge in [0.05, 0.1) is 6.54 Å². The second kappa shape index (κ2) is 7.91. The third kappa shape index (κ3) is 7.10. The smallest absolute Gasteiger partial charge is 0.475 e. The van der Waals surface area contributed by atoms with Gasteiger partial charge in [0.2, 0.25) is 5.91 Å². The molecular formula is C10H17F3N2O3. The second-order valence-electron chi connectivity index (χ2n) is 3.71. The molecule has 1 fully saturated rings. The van der Waals surface area contributed by atoms with Crippen LogP contribution in [0.3, 0.4) is 0 Å². The van der Waals surface area contributed by atoms with Gasteiger partial charge in [0.1, 0.15) is 0 Å². The van der Waals surface area contributed by atoms with E-state index in [1.165, 1.54) is 0 Å². The van der Waals surface area contributed by atoms with Crippen molar-refractivity contribution in [3.8, 4) is 0 Å². The van der Waals surface area contributed by atoms with Crippen molar-refractivity contribution in [2.45, 2.75) is 25.9 Å². The van der Waals surface area contributed by atoms with E-state index in [4.69, 9.17) is 9.90 Å². The third-order valence-electron chi connectivity index (χ3n) is 2.21. The number of nitrogens with one attached hydrogen (secondary N) is 1. The van der Waals surface area contributed by atoms with Crippen molar-refractivity contribution in [2.24, 2.45) is 0 Å². The van der Waals surface area contributed by atoms with Crippen LogP contribution in [0.5, 0.6) is 0 Å². The maximum atomic E-state index is 11.2. The Balaban J connectivity index is 0.000000360. The van der Waals surface area contributed by atoms with Gasteiger partial charge in [-0.15, -0.1) is 0 Å². The van der Waals surface area contributed by atoms with Gasteiger partial charge in [0.15, 0.2) is 0 Å². The summed E-state index contributed by atoms with van der Waals surface area (Å²) in [5.41, 5.74) is 0. The van der Waals surface area contributed by atoms with Crippen LogP contribution in [0.15, 0.2) is 0 Å². The first-order chi connectivity index (χ1) is 8.29. The zero-order valence-corrected chi connectivity index (χ0v) is 10.1. The monoisotopic (exact) mass is 270 g/mol. The minimum Gasteiger partial charge on any atom is -0.475 e. The van der Waals surface area contributed by atoms with E-state index in [9.17, 15) is 18.0 Å². The number of unbranched alkanes of at least 4 members (excludes halogenated alkanes) is 1. The maximum absolute atomic E-state index is 11.2. The van der Waals surface area contributed by atoms with Gasteiger partial charge < -0.3 is 15.3 Å². The zero-order chi connectivity index (χ0) is 14.2. The fourth-order valence-corrected chi connectivity index (χ4v) is 1.23. The van der Waals surface area contributed by atoms with Crippen LogP contribution in [0, 0.1) is 0 Å². The summed E-state index contributed by atoms with van der Waals surface area (Å²) in [6, 6.07) is 0. The normalized spacial score (nSPS) is 16.0. The van der Waals surface area contributed by atoms with Gasteiger partial charge in [0.25, 0.3) is 0 Å². The van der Waals surface area contributed by atoms with Crippen LogP contribution in [-0.2, 0) is 9.59 Å². The summed E-state index contributed by atoms with van der Waals surface area (Å²) >= 11 is 0. The van der Waals surface area contributed by atoms with Crippen molar-refractivity contribution in [1.29, 1.82) is 0 Å². The minimum atomic E-state index is -5.08. The molecule has 1 aliphatic heterocycles. The molecule has 0 aromatic rings. The van der Waals surface area contributed by atoms with Crippen molar-refractivity contribution < 1.29 is 27.9 Å². The number of piperazine rings is 1. The van der Waals surface area contributed by atoms with Crippen molar-refractivity contribution >= 4 is 11.9 Å². The van der Waals surface area contributed by atoms with E-state index < -0.39 is 12.1 Å². The number of carbonyl (C=O) groups is 2. The minimum absolute atomic E-state index is 0.254. The number of carboxylic acid groups (broad SMARTS) is 1. The number of carbonyl (C=O) groups excluding carboxylic acids is 1. The van der Waals surface area contributed by atoms with Crippen LogP contribution in [0.4, 0.5) is 13.2 Å². The number of carboxylic acids is 1. The van der Waals surface area contributed by atoms with Crippen molar-refractivity contribution in [3.05, 3.63) is 0 Å².